The summed E-state index contributed by atoms with van der Waals surface area (Å²) in [5, 5.41) is 14.9. The Morgan fingerprint density at radius 1 is 0.941 bits per heavy atom. The van der Waals surface area contributed by atoms with Crippen LogP contribution in [0.25, 0.3) is 10.9 Å². The van der Waals surface area contributed by atoms with Gasteiger partial charge in [0.25, 0.3) is 0 Å². The molecule has 0 spiro atoms. The molecule has 3 amide bonds. The highest BCUT2D eigenvalue weighted by molar-refractivity contribution is 5.88. The first-order valence-corrected chi connectivity index (χ1v) is 17.7. The molecule has 0 radical (unpaired) electrons. The van der Waals surface area contributed by atoms with Crippen molar-refractivity contribution in [2.24, 2.45) is 5.92 Å². The van der Waals surface area contributed by atoms with E-state index in [2.05, 4.69) is 44.0 Å². The zero-order chi connectivity index (χ0) is 36.3. The smallest absolute Gasteiger partial charge is 0.243 e. The molecule has 3 atom stereocenters. The van der Waals surface area contributed by atoms with Crippen LogP contribution in [0.3, 0.4) is 0 Å². The highest BCUT2D eigenvalue weighted by Crippen LogP contribution is 2.28. The minimum atomic E-state index is -0.725. The molecule has 2 aromatic heterocycles. The number of hydrogen-bond acceptors (Lipinski definition) is 9. The summed E-state index contributed by atoms with van der Waals surface area (Å²) >= 11 is 0. The van der Waals surface area contributed by atoms with E-state index in [-0.39, 0.29) is 30.2 Å². The van der Waals surface area contributed by atoms with Crippen LogP contribution in [-0.4, -0.2) is 82.3 Å². The fraction of sp³-hybridized carbons (Fsp3) is 0.474. The SMILES string of the molecule is CC[C@H](C)[C@@H]1NC(=O)CCCN(Cc2ccc3ncccc3c2)CCCNC(=O)Cn2nc(Cc3ccc(OC)c(OC)c3)nc2[C@@H](C)NC1=O. The van der Waals surface area contributed by atoms with Gasteiger partial charge in [0, 0.05) is 44.1 Å². The monoisotopic (exact) mass is 698 g/mol. The van der Waals surface area contributed by atoms with E-state index in [1.807, 2.05) is 51.1 Å². The molecule has 0 saturated heterocycles. The van der Waals surface area contributed by atoms with Crippen molar-refractivity contribution in [3.63, 3.8) is 0 Å². The number of nitrogens with one attached hydrogen (secondary N) is 3. The number of benzene rings is 2. The molecule has 13 nitrogen and oxygen atoms in total. The van der Waals surface area contributed by atoms with Crippen molar-refractivity contribution in [3.8, 4) is 11.5 Å². The van der Waals surface area contributed by atoms with E-state index in [4.69, 9.17) is 19.6 Å². The lowest BCUT2D eigenvalue weighted by Gasteiger charge is -2.26. The van der Waals surface area contributed by atoms with Gasteiger partial charge in [0.1, 0.15) is 18.4 Å². The van der Waals surface area contributed by atoms with E-state index in [0.29, 0.717) is 68.5 Å². The molecule has 2 aromatic carbocycles. The summed E-state index contributed by atoms with van der Waals surface area (Å²) in [4.78, 5) is 51.7. The van der Waals surface area contributed by atoms with E-state index in [0.717, 1.165) is 35.0 Å². The van der Waals surface area contributed by atoms with Crippen LogP contribution in [0.1, 0.15) is 75.3 Å². The Morgan fingerprint density at radius 3 is 2.51 bits per heavy atom. The summed E-state index contributed by atoms with van der Waals surface area (Å²) in [6, 6.07) is 14.5. The van der Waals surface area contributed by atoms with Crippen molar-refractivity contribution in [2.75, 3.05) is 33.9 Å². The highest BCUT2D eigenvalue weighted by Gasteiger charge is 2.29. The van der Waals surface area contributed by atoms with Crippen molar-refractivity contribution in [1.82, 2.24) is 40.6 Å². The van der Waals surface area contributed by atoms with Crippen LogP contribution in [-0.2, 0) is 33.9 Å². The lowest BCUT2D eigenvalue weighted by atomic mass is 9.97. The van der Waals surface area contributed by atoms with Crippen molar-refractivity contribution >= 4 is 28.6 Å². The first kappa shape index (κ1) is 37.2. The van der Waals surface area contributed by atoms with Crippen LogP contribution in [0.5, 0.6) is 11.5 Å². The predicted molar refractivity (Wildman–Crippen MR) is 194 cm³/mol. The molecule has 0 unspecified atom stereocenters. The molecule has 51 heavy (non-hydrogen) atoms. The maximum absolute atomic E-state index is 13.7. The number of nitrogens with zero attached hydrogens (tertiary/aromatic N) is 5. The quantitative estimate of drug-likeness (QED) is 0.249. The minimum absolute atomic E-state index is 0.0607. The van der Waals surface area contributed by atoms with Crippen LogP contribution in [0.2, 0.25) is 0 Å². The largest absolute Gasteiger partial charge is 0.493 e. The summed E-state index contributed by atoms with van der Waals surface area (Å²) in [7, 11) is 3.16. The van der Waals surface area contributed by atoms with Gasteiger partial charge in [0.05, 0.1) is 25.8 Å². The number of pyridine rings is 1. The van der Waals surface area contributed by atoms with Crippen molar-refractivity contribution in [3.05, 3.63) is 77.5 Å². The second-order valence-electron chi connectivity index (χ2n) is 13.2. The average molecular weight is 699 g/mol. The maximum atomic E-state index is 13.7. The van der Waals surface area contributed by atoms with E-state index in [1.165, 1.54) is 0 Å². The second-order valence-corrected chi connectivity index (χ2v) is 13.2. The number of rotatable bonds is 8. The number of carbonyl (C=O) groups excluding carboxylic acids is 3. The third-order valence-electron chi connectivity index (χ3n) is 9.33. The Hall–Kier alpha value is -5.04. The fourth-order valence-electron chi connectivity index (χ4n) is 6.34. The fourth-order valence-corrected chi connectivity index (χ4v) is 6.34. The first-order chi connectivity index (χ1) is 24.7. The van der Waals surface area contributed by atoms with Crippen molar-refractivity contribution < 1.29 is 23.9 Å². The van der Waals surface area contributed by atoms with Gasteiger partial charge in [-0.25, -0.2) is 9.67 Å². The number of methoxy groups -OCH3 is 2. The number of carbonyl (C=O) groups is 3. The van der Waals surface area contributed by atoms with Gasteiger partial charge < -0.3 is 25.4 Å². The van der Waals surface area contributed by atoms with E-state index in [9.17, 15) is 14.4 Å². The molecule has 13 heteroatoms. The zero-order valence-electron chi connectivity index (χ0n) is 30.3. The summed E-state index contributed by atoms with van der Waals surface area (Å²) in [6.45, 7) is 8.29. The van der Waals surface area contributed by atoms with Crippen LogP contribution in [0.4, 0.5) is 0 Å². The highest BCUT2D eigenvalue weighted by atomic mass is 16.5. The Bertz CT molecular complexity index is 1810. The second kappa shape index (κ2) is 17.8. The number of fused-ring (bicyclic) bond motifs is 2. The van der Waals surface area contributed by atoms with Gasteiger partial charge >= 0.3 is 0 Å². The molecule has 5 rings (SSSR count). The summed E-state index contributed by atoms with van der Waals surface area (Å²) < 4.78 is 12.4. The van der Waals surface area contributed by atoms with Crippen molar-refractivity contribution in [1.29, 1.82) is 0 Å². The third-order valence-corrected chi connectivity index (χ3v) is 9.33. The number of amides is 3. The Morgan fingerprint density at radius 2 is 1.73 bits per heavy atom. The molecule has 272 valence electrons. The molecule has 0 aliphatic carbocycles. The molecular weight excluding hydrogens is 648 g/mol. The van der Waals surface area contributed by atoms with E-state index in [1.54, 1.807) is 25.1 Å². The van der Waals surface area contributed by atoms with Crippen molar-refractivity contribution in [2.45, 2.75) is 78.0 Å². The van der Waals surface area contributed by atoms with Crippen LogP contribution >= 0.6 is 0 Å². The zero-order valence-corrected chi connectivity index (χ0v) is 30.3. The van der Waals surface area contributed by atoms with Crippen LogP contribution in [0.15, 0.2) is 54.7 Å². The van der Waals surface area contributed by atoms with Gasteiger partial charge in [-0.1, -0.05) is 38.5 Å². The van der Waals surface area contributed by atoms with Gasteiger partial charge in [-0.3, -0.25) is 24.3 Å². The molecule has 4 aromatic rings. The Kier molecular flexibility index (Phi) is 13.0. The topological polar surface area (TPSA) is 153 Å². The van der Waals surface area contributed by atoms with Gasteiger partial charge in [0.2, 0.25) is 17.7 Å². The summed E-state index contributed by atoms with van der Waals surface area (Å²) in [5.74, 6) is 1.37. The van der Waals surface area contributed by atoms with E-state index < -0.39 is 12.1 Å². The van der Waals surface area contributed by atoms with Gasteiger partial charge in [0.15, 0.2) is 17.3 Å². The predicted octanol–water partition coefficient (Wildman–Crippen LogP) is 3.94. The minimum Gasteiger partial charge on any atom is -0.493 e. The van der Waals surface area contributed by atoms with Gasteiger partial charge in [-0.2, -0.15) is 5.10 Å². The Balaban J connectivity index is 1.37. The van der Waals surface area contributed by atoms with E-state index >= 15 is 0 Å². The van der Waals surface area contributed by atoms with Crippen LogP contribution in [0, 0.1) is 5.92 Å². The third kappa shape index (κ3) is 10.0. The number of ether oxygens (including phenoxy) is 2. The Labute approximate surface area is 299 Å². The normalized spacial score (nSPS) is 19.2. The lowest BCUT2D eigenvalue weighted by molar-refractivity contribution is -0.130. The average Bonchev–Trinajstić information content (AvgIpc) is 3.52. The van der Waals surface area contributed by atoms with Crippen LogP contribution < -0.4 is 25.4 Å². The van der Waals surface area contributed by atoms with Gasteiger partial charge in [-0.05, 0) is 73.7 Å². The molecule has 3 heterocycles. The summed E-state index contributed by atoms with van der Waals surface area (Å²) in [5.41, 5.74) is 2.99. The molecule has 0 bridgehead atoms. The standard InChI is InChI=1S/C38H50N8O5/c1-6-25(2)36-38(49)41-26(3)37-42-33(22-27-13-15-31(50-4)32(21-27)51-5)44-46(37)24-35(48)40-17-9-19-45(18-8-11-34(47)43-36)23-28-12-14-30-29(20-28)10-7-16-39-30/h7,10,12-16,20-21,25-26,36H,6,8-9,11,17-19,22-24H2,1-5H3,(H,40,48)(H,41,49)(H,43,47)/t25-,26+,36-/m0/s1. The lowest BCUT2D eigenvalue weighted by Crippen LogP contribution is -2.51. The summed E-state index contributed by atoms with van der Waals surface area (Å²) in [6.07, 6.45) is 4.51. The van der Waals surface area contributed by atoms with Gasteiger partial charge in [-0.15, -0.1) is 0 Å². The maximum Gasteiger partial charge on any atom is 0.243 e. The number of aromatic nitrogens is 4. The molecule has 1 aliphatic heterocycles. The molecular formula is C38H50N8O5. The molecule has 0 fully saturated rings. The molecule has 3 N–H and O–H groups in total. The number of hydrogen-bond donors (Lipinski definition) is 3. The first-order valence-electron chi connectivity index (χ1n) is 17.7. The molecule has 0 saturated carbocycles. The molecule has 1 aliphatic rings.